The molecule has 0 saturated carbocycles. The van der Waals surface area contributed by atoms with Crippen molar-refractivity contribution < 1.29 is 0 Å². The average Bonchev–Trinajstić information content (AvgIpc) is 2.40. The molecule has 0 aromatic heterocycles. The summed E-state index contributed by atoms with van der Waals surface area (Å²) in [5.41, 5.74) is 9.00. The van der Waals surface area contributed by atoms with E-state index in [1.807, 2.05) is 0 Å². The normalized spacial score (nSPS) is 13.2. The van der Waals surface area contributed by atoms with Gasteiger partial charge in [-0.2, -0.15) is 0 Å². The van der Waals surface area contributed by atoms with Crippen LogP contribution in [0.5, 0.6) is 0 Å². The summed E-state index contributed by atoms with van der Waals surface area (Å²) >= 11 is 0. The highest BCUT2D eigenvalue weighted by atomic mass is 15.1. The second-order valence-corrected chi connectivity index (χ2v) is 5.68. The SMILES string of the molecule is CCN(CC)CCC(N)Cc1ccc(C(C)C)cc1. The van der Waals surface area contributed by atoms with Crippen LogP contribution in [0.1, 0.15) is 51.2 Å². The molecule has 0 amide bonds. The second kappa shape index (κ2) is 8.34. The highest BCUT2D eigenvalue weighted by Gasteiger charge is 2.07. The molecule has 19 heavy (non-hydrogen) atoms. The van der Waals surface area contributed by atoms with Crippen LogP contribution in [0.3, 0.4) is 0 Å². The minimum absolute atomic E-state index is 0.269. The molecule has 0 spiro atoms. The molecule has 1 unspecified atom stereocenters. The van der Waals surface area contributed by atoms with Gasteiger partial charge in [0.05, 0.1) is 0 Å². The molecule has 1 aromatic rings. The summed E-state index contributed by atoms with van der Waals surface area (Å²) in [5.74, 6) is 0.602. The van der Waals surface area contributed by atoms with Crippen LogP contribution >= 0.6 is 0 Å². The van der Waals surface area contributed by atoms with E-state index >= 15 is 0 Å². The maximum absolute atomic E-state index is 6.23. The fourth-order valence-corrected chi connectivity index (χ4v) is 2.33. The number of rotatable bonds is 8. The van der Waals surface area contributed by atoms with Gasteiger partial charge in [0.25, 0.3) is 0 Å². The quantitative estimate of drug-likeness (QED) is 0.778. The Morgan fingerprint density at radius 2 is 1.63 bits per heavy atom. The maximum Gasteiger partial charge on any atom is 0.00914 e. The highest BCUT2D eigenvalue weighted by Crippen LogP contribution is 2.15. The Balaban J connectivity index is 2.41. The zero-order valence-electron chi connectivity index (χ0n) is 13.0. The number of benzene rings is 1. The van der Waals surface area contributed by atoms with Gasteiger partial charge in [0.15, 0.2) is 0 Å². The van der Waals surface area contributed by atoms with E-state index < -0.39 is 0 Å². The molecule has 0 heterocycles. The van der Waals surface area contributed by atoms with E-state index in [1.165, 1.54) is 11.1 Å². The Hall–Kier alpha value is -0.860. The molecule has 2 nitrogen and oxygen atoms in total. The molecule has 0 fully saturated rings. The lowest BCUT2D eigenvalue weighted by Gasteiger charge is -2.20. The predicted octanol–water partition coefficient (Wildman–Crippen LogP) is 3.41. The molecule has 1 atom stereocenters. The molecule has 0 radical (unpaired) electrons. The van der Waals surface area contributed by atoms with Gasteiger partial charge in [-0.15, -0.1) is 0 Å². The van der Waals surface area contributed by atoms with E-state index in [0.717, 1.165) is 32.5 Å². The Kier molecular flexibility index (Phi) is 7.11. The van der Waals surface area contributed by atoms with Crippen LogP contribution in [-0.4, -0.2) is 30.6 Å². The Labute approximate surface area is 119 Å². The molecule has 0 aliphatic rings. The third-order valence-corrected chi connectivity index (χ3v) is 3.85. The molecule has 0 bridgehead atoms. The van der Waals surface area contributed by atoms with E-state index in [-0.39, 0.29) is 6.04 Å². The van der Waals surface area contributed by atoms with Gasteiger partial charge in [-0.1, -0.05) is 52.0 Å². The largest absolute Gasteiger partial charge is 0.327 e. The van der Waals surface area contributed by atoms with E-state index in [0.29, 0.717) is 5.92 Å². The van der Waals surface area contributed by atoms with Gasteiger partial charge in [-0.3, -0.25) is 0 Å². The lowest BCUT2D eigenvalue weighted by atomic mass is 9.98. The first-order chi connectivity index (χ1) is 9.06. The molecule has 0 saturated heterocycles. The molecule has 1 aromatic carbocycles. The van der Waals surface area contributed by atoms with Gasteiger partial charge in [0, 0.05) is 6.04 Å². The Morgan fingerprint density at radius 1 is 1.05 bits per heavy atom. The summed E-state index contributed by atoms with van der Waals surface area (Å²) in [6, 6.07) is 9.19. The number of hydrogen-bond donors (Lipinski definition) is 1. The van der Waals surface area contributed by atoms with Crippen molar-refractivity contribution in [3.05, 3.63) is 35.4 Å². The molecule has 0 aliphatic heterocycles. The molecule has 1 rings (SSSR count). The molecule has 0 aliphatic carbocycles. The van der Waals surface area contributed by atoms with Crippen molar-refractivity contribution in [1.82, 2.24) is 4.90 Å². The fraction of sp³-hybridized carbons (Fsp3) is 0.647. The molecule has 2 N–H and O–H groups in total. The summed E-state index contributed by atoms with van der Waals surface area (Å²) in [4.78, 5) is 2.43. The first kappa shape index (κ1) is 16.2. The van der Waals surface area contributed by atoms with Crippen LogP contribution in [0.2, 0.25) is 0 Å². The Bertz CT molecular complexity index is 339. The van der Waals surface area contributed by atoms with E-state index in [9.17, 15) is 0 Å². The lowest BCUT2D eigenvalue weighted by molar-refractivity contribution is 0.290. The minimum atomic E-state index is 0.269. The number of nitrogens with two attached hydrogens (primary N) is 1. The zero-order chi connectivity index (χ0) is 14.3. The van der Waals surface area contributed by atoms with Crippen LogP contribution in [0, 0.1) is 0 Å². The summed E-state index contributed by atoms with van der Waals surface area (Å²) in [7, 11) is 0. The summed E-state index contributed by atoms with van der Waals surface area (Å²) in [6.45, 7) is 12.2. The summed E-state index contributed by atoms with van der Waals surface area (Å²) in [6.07, 6.45) is 2.06. The van der Waals surface area contributed by atoms with Crippen molar-refractivity contribution in [3.8, 4) is 0 Å². The summed E-state index contributed by atoms with van der Waals surface area (Å²) in [5, 5.41) is 0. The maximum atomic E-state index is 6.23. The van der Waals surface area contributed by atoms with Crippen molar-refractivity contribution >= 4 is 0 Å². The molecule has 2 heteroatoms. The standard InChI is InChI=1S/C17H30N2/c1-5-19(6-2)12-11-17(18)13-15-7-9-16(10-8-15)14(3)4/h7-10,14,17H,5-6,11-13,18H2,1-4H3. The average molecular weight is 262 g/mol. The van der Waals surface area contributed by atoms with E-state index in [2.05, 4.69) is 56.9 Å². The first-order valence-electron chi connectivity index (χ1n) is 7.63. The van der Waals surface area contributed by atoms with Gasteiger partial charge in [0.2, 0.25) is 0 Å². The molecular formula is C17H30N2. The van der Waals surface area contributed by atoms with Crippen molar-refractivity contribution in [1.29, 1.82) is 0 Å². The predicted molar refractivity (Wildman–Crippen MR) is 84.6 cm³/mol. The number of hydrogen-bond acceptors (Lipinski definition) is 2. The number of nitrogens with zero attached hydrogens (tertiary/aromatic N) is 1. The van der Waals surface area contributed by atoms with E-state index in [1.54, 1.807) is 0 Å². The Morgan fingerprint density at radius 3 is 2.11 bits per heavy atom. The molecular weight excluding hydrogens is 232 g/mol. The monoisotopic (exact) mass is 262 g/mol. The summed E-state index contributed by atoms with van der Waals surface area (Å²) < 4.78 is 0. The van der Waals surface area contributed by atoms with Crippen molar-refractivity contribution in [2.24, 2.45) is 5.73 Å². The van der Waals surface area contributed by atoms with Crippen molar-refractivity contribution in [2.75, 3.05) is 19.6 Å². The minimum Gasteiger partial charge on any atom is -0.327 e. The van der Waals surface area contributed by atoms with E-state index in [4.69, 9.17) is 5.73 Å². The lowest BCUT2D eigenvalue weighted by Crippen LogP contribution is -2.31. The zero-order valence-corrected chi connectivity index (χ0v) is 13.0. The fourth-order valence-electron chi connectivity index (χ4n) is 2.33. The third kappa shape index (κ3) is 5.75. The van der Waals surface area contributed by atoms with Crippen LogP contribution in [0.25, 0.3) is 0 Å². The third-order valence-electron chi connectivity index (χ3n) is 3.85. The van der Waals surface area contributed by atoms with Gasteiger partial charge in [-0.25, -0.2) is 0 Å². The van der Waals surface area contributed by atoms with Gasteiger partial charge < -0.3 is 10.6 Å². The van der Waals surface area contributed by atoms with Crippen molar-refractivity contribution in [2.45, 2.75) is 52.5 Å². The van der Waals surface area contributed by atoms with Crippen molar-refractivity contribution in [3.63, 3.8) is 0 Å². The van der Waals surface area contributed by atoms with Gasteiger partial charge in [-0.05, 0) is 49.5 Å². The highest BCUT2D eigenvalue weighted by molar-refractivity contribution is 5.25. The smallest absolute Gasteiger partial charge is 0.00914 e. The van der Waals surface area contributed by atoms with Crippen LogP contribution in [0.15, 0.2) is 24.3 Å². The van der Waals surface area contributed by atoms with Gasteiger partial charge in [0.1, 0.15) is 0 Å². The first-order valence-corrected chi connectivity index (χ1v) is 7.63. The van der Waals surface area contributed by atoms with Crippen LogP contribution in [-0.2, 0) is 6.42 Å². The topological polar surface area (TPSA) is 29.3 Å². The second-order valence-electron chi connectivity index (χ2n) is 5.68. The van der Waals surface area contributed by atoms with Crippen LogP contribution in [0.4, 0.5) is 0 Å². The van der Waals surface area contributed by atoms with Gasteiger partial charge >= 0.3 is 0 Å². The van der Waals surface area contributed by atoms with Crippen LogP contribution < -0.4 is 5.73 Å². The molecule has 108 valence electrons.